The topological polar surface area (TPSA) is 92.5 Å². The maximum absolute atomic E-state index is 11.9. The summed E-state index contributed by atoms with van der Waals surface area (Å²) in [5.74, 6) is 1.19. The first-order chi connectivity index (χ1) is 11.3. The zero-order valence-electron chi connectivity index (χ0n) is 12.6. The molecular formula is C14H17N5O3S. The average Bonchev–Trinajstić information content (AvgIpc) is 3.15. The number of nitrogens with zero attached hydrogens (tertiary/aromatic N) is 3. The standard InChI is InChI=1S/C14H17N5O3S/c1-23-14-15-11(17-18-13(20)10-3-2-6-22-10)9-12(16-14)19-4-7-21-8-5-19/h2-3,6,9H,4-5,7-8H2,1H3,(H,18,20)(H,15,16,17). The number of hydrazine groups is 1. The van der Waals surface area contributed by atoms with Gasteiger partial charge in [-0.05, 0) is 18.4 Å². The number of aromatic nitrogens is 2. The van der Waals surface area contributed by atoms with E-state index >= 15 is 0 Å². The molecule has 1 aliphatic rings. The molecule has 0 saturated carbocycles. The van der Waals surface area contributed by atoms with E-state index in [0.29, 0.717) is 24.2 Å². The first kappa shape index (κ1) is 15.6. The van der Waals surface area contributed by atoms with Gasteiger partial charge < -0.3 is 14.1 Å². The van der Waals surface area contributed by atoms with Crippen LogP contribution in [0.15, 0.2) is 34.0 Å². The summed E-state index contributed by atoms with van der Waals surface area (Å²) in [5, 5.41) is 0.628. The Bertz CT molecular complexity index is 658. The molecule has 0 aliphatic carbocycles. The van der Waals surface area contributed by atoms with Crippen LogP contribution in [0.3, 0.4) is 0 Å². The Balaban J connectivity index is 1.71. The van der Waals surface area contributed by atoms with Gasteiger partial charge in [-0.3, -0.25) is 15.6 Å². The number of hydrogen-bond acceptors (Lipinski definition) is 8. The smallest absolute Gasteiger partial charge is 0.305 e. The van der Waals surface area contributed by atoms with Crippen LogP contribution in [0, 0.1) is 0 Å². The molecule has 0 spiro atoms. The van der Waals surface area contributed by atoms with Gasteiger partial charge in [0, 0.05) is 19.2 Å². The maximum atomic E-state index is 11.9. The second-order valence-electron chi connectivity index (χ2n) is 4.75. The van der Waals surface area contributed by atoms with Crippen molar-refractivity contribution in [2.75, 3.05) is 42.9 Å². The lowest BCUT2D eigenvalue weighted by molar-refractivity contribution is 0.0935. The van der Waals surface area contributed by atoms with Crippen molar-refractivity contribution in [2.45, 2.75) is 5.16 Å². The highest BCUT2D eigenvalue weighted by atomic mass is 32.2. The molecule has 2 N–H and O–H groups in total. The van der Waals surface area contributed by atoms with Crippen molar-refractivity contribution >= 4 is 29.3 Å². The van der Waals surface area contributed by atoms with Crippen molar-refractivity contribution in [2.24, 2.45) is 0 Å². The van der Waals surface area contributed by atoms with Gasteiger partial charge in [0.25, 0.3) is 0 Å². The zero-order valence-corrected chi connectivity index (χ0v) is 13.4. The number of amides is 1. The molecule has 1 fully saturated rings. The molecule has 0 unspecified atom stereocenters. The van der Waals surface area contributed by atoms with Gasteiger partial charge >= 0.3 is 5.91 Å². The zero-order chi connectivity index (χ0) is 16.1. The minimum atomic E-state index is -0.368. The molecule has 1 amide bonds. The van der Waals surface area contributed by atoms with Gasteiger partial charge in [0.2, 0.25) is 0 Å². The fourth-order valence-corrected chi connectivity index (χ4v) is 2.49. The van der Waals surface area contributed by atoms with Gasteiger partial charge in [0.05, 0.1) is 19.5 Å². The van der Waals surface area contributed by atoms with Gasteiger partial charge in [-0.25, -0.2) is 9.97 Å². The molecule has 0 bridgehead atoms. The van der Waals surface area contributed by atoms with E-state index in [9.17, 15) is 4.79 Å². The third-order valence-corrected chi connectivity index (χ3v) is 3.81. The fraction of sp³-hybridized carbons (Fsp3) is 0.357. The lowest BCUT2D eigenvalue weighted by atomic mass is 10.4. The van der Waals surface area contributed by atoms with Crippen molar-refractivity contribution in [1.82, 2.24) is 15.4 Å². The number of thioether (sulfide) groups is 1. The molecule has 3 rings (SSSR count). The average molecular weight is 335 g/mol. The number of anilines is 2. The molecule has 0 aromatic carbocycles. The van der Waals surface area contributed by atoms with Gasteiger partial charge in [-0.2, -0.15) is 0 Å². The summed E-state index contributed by atoms with van der Waals surface area (Å²) in [7, 11) is 0. The normalized spacial score (nSPS) is 14.6. The molecule has 0 radical (unpaired) electrons. The first-order valence-corrected chi connectivity index (χ1v) is 8.34. The Morgan fingerprint density at radius 1 is 1.35 bits per heavy atom. The summed E-state index contributed by atoms with van der Waals surface area (Å²) in [6.07, 6.45) is 3.35. The second-order valence-corrected chi connectivity index (χ2v) is 5.53. The Hall–Kier alpha value is -2.26. The molecule has 8 nitrogen and oxygen atoms in total. The van der Waals surface area contributed by atoms with Crippen LogP contribution in [0.5, 0.6) is 0 Å². The summed E-state index contributed by atoms with van der Waals surface area (Å²) < 4.78 is 10.4. The molecule has 3 heterocycles. The van der Waals surface area contributed by atoms with E-state index in [2.05, 4.69) is 25.7 Å². The third kappa shape index (κ3) is 3.93. The van der Waals surface area contributed by atoms with Crippen LogP contribution >= 0.6 is 11.8 Å². The Morgan fingerprint density at radius 3 is 2.87 bits per heavy atom. The van der Waals surface area contributed by atoms with E-state index in [1.807, 2.05) is 6.26 Å². The van der Waals surface area contributed by atoms with Gasteiger partial charge in [0.15, 0.2) is 16.7 Å². The first-order valence-electron chi connectivity index (χ1n) is 7.12. The molecular weight excluding hydrogens is 318 g/mol. The van der Waals surface area contributed by atoms with Crippen molar-refractivity contribution in [3.63, 3.8) is 0 Å². The highest BCUT2D eigenvalue weighted by molar-refractivity contribution is 7.98. The van der Waals surface area contributed by atoms with Gasteiger partial charge in [0.1, 0.15) is 5.82 Å². The van der Waals surface area contributed by atoms with E-state index in [1.54, 1.807) is 18.2 Å². The van der Waals surface area contributed by atoms with Crippen LogP contribution < -0.4 is 15.8 Å². The van der Waals surface area contributed by atoms with Gasteiger partial charge in [-0.15, -0.1) is 0 Å². The fourth-order valence-electron chi connectivity index (χ4n) is 2.11. The molecule has 1 saturated heterocycles. The molecule has 122 valence electrons. The highest BCUT2D eigenvalue weighted by Gasteiger charge is 2.15. The summed E-state index contributed by atoms with van der Waals surface area (Å²) in [6.45, 7) is 2.92. The lowest BCUT2D eigenvalue weighted by Crippen LogP contribution is -2.37. The number of furan rings is 1. The molecule has 0 atom stereocenters. The number of hydrogen-bond donors (Lipinski definition) is 2. The van der Waals surface area contributed by atoms with E-state index in [1.165, 1.54) is 18.0 Å². The number of morpholine rings is 1. The van der Waals surface area contributed by atoms with E-state index in [-0.39, 0.29) is 11.7 Å². The SMILES string of the molecule is CSc1nc(NNC(=O)c2ccco2)cc(N2CCOCC2)n1. The Kier molecular flexibility index (Phi) is 4.99. The van der Waals surface area contributed by atoms with Gasteiger partial charge in [-0.1, -0.05) is 11.8 Å². The monoisotopic (exact) mass is 335 g/mol. The summed E-state index contributed by atoms with van der Waals surface area (Å²) in [5.41, 5.74) is 5.36. The Morgan fingerprint density at radius 2 is 2.17 bits per heavy atom. The largest absolute Gasteiger partial charge is 0.459 e. The van der Waals surface area contributed by atoms with Crippen molar-refractivity contribution in [3.8, 4) is 0 Å². The van der Waals surface area contributed by atoms with Crippen molar-refractivity contribution < 1.29 is 13.9 Å². The third-order valence-electron chi connectivity index (χ3n) is 3.26. The molecule has 2 aromatic rings. The van der Waals surface area contributed by atoms with Crippen LogP contribution in [-0.2, 0) is 4.74 Å². The Labute approximate surface area is 137 Å². The van der Waals surface area contributed by atoms with E-state index in [0.717, 1.165) is 18.9 Å². The van der Waals surface area contributed by atoms with Crippen molar-refractivity contribution in [3.05, 3.63) is 30.2 Å². The number of nitrogens with one attached hydrogen (secondary N) is 2. The van der Waals surface area contributed by atoms with Crippen LogP contribution in [0.4, 0.5) is 11.6 Å². The van der Waals surface area contributed by atoms with E-state index < -0.39 is 0 Å². The lowest BCUT2D eigenvalue weighted by Gasteiger charge is -2.28. The number of carbonyl (C=O) groups is 1. The quantitative estimate of drug-likeness (QED) is 0.481. The highest BCUT2D eigenvalue weighted by Crippen LogP contribution is 2.20. The molecule has 23 heavy (non-hydrogen) atoms. The number of carbonyl (C=O) groups excluding carboxylic acids is 1. The predicted octanol–water partition coefficient (Wildman–Crippen LogP) is 1.39. The minimum Gasteiger partial charge on any atom is -0.459 e. The summed E-state index contributed by atoms with van der Waals surface area (Å²) in [6, 6.07) is 5.04. The molecule has 9 heteroatoms. The predicted molar refractivity (Wildman–Crippen MR) is 86.6 cm³/mol. The van der Waals surface area contributed by atoms with Crippen LogP contribution in [-0.4, -0.2) is 48.4 Å². The van der Waals surface area contributed by atoms with Crippen LogP contribution in [0.1, 0.15) is 10.6 Å². The van der Waals surface area contributed by atoms with Crippen LogP contribution in [0.25, 0.3) is 0 Å². The van der Waals surface area contributed by atoms with Crippen LogP contribution in [0.2, 0.25) is 0 Å². The number of ether oxygens (including phenoxy) is 1. The summed E-state index contributed by atoms with van der Waals surface area (Å²) >= 11 is 1.44. The van der Waals surface area contributed by atoms with E-state index in [4.69, 9.17) is 9.15 Å². The summed E-state index contributed by atoms with van der Waals surface area (Å²) in [4.78, 5) is 22.8. The molecule has 2 aromatic heterocycles. The minimum absolute atomic E-state index is 0.227. The second kappa shape index (κ2) is 7.34. The van der Waals surface area contributed by atoms with Crippen molar-refractivity contribution in [1.29, 1.82) is 0 Å². The maximum Gasteiger partial charge on any atom is 0.305 e. The molecule has 1 aliphatic heterocycles. The number of rotatable bonds is 5.